The second-order valence-corrected chi connectivity index (χ2v) is 8.80. The van der Waals surface area contributed by atoms with Crippen molar-refractivity contribution in [3.63, 3.8) is 0 Å². The number of likely N-dealkylation sites (tertiary alicyclic amines) is 1. The van der Waals surface area contributed by atoms with E-state index in [2.05, 4.69) is 18.7 Å². The largest absolute Gasteiger partial charge is 0.378 e. The third kappa shape index (κ3) is 3.60. The molecule has 1 saturated heterocycles. The molecule has 0 N–H and O–H groups in total. The lowest BCUT2D eigenvalue weighted by atomic mass is 9.91. The highest BCUT2D eigenvalue weighted by Crippen LogP contribution is 2.37. The van der Waals surface area contributed by atoms with Crippen molar-refractivity contribution in [3.05, 3.63) is 65.9 Å². The Morgan fingerprint density at radius 1 is 0.867 bits per heavy atom. The van der Waals surface area contributed by atoms with Crippen LogP contribution < -0.4 is 9.80 Å². The van der Waals surface area contributed by atoms with Crippen LogP contribution in [-0.4, -0.2) is 43.9 Å². The van der Waals surface area contributed by atoms with Gasteiger partial charge in [-0.1, -0.05) is 50.2 Å². The summed E-state index contributed by atoms with van der Waals surface area (Å²) in [4.78, 5) is 32.8. The molecule has 2 heterocycles. The van der Waals surface area contributed by atoms with Gasteiger partial charge in [-0.25, -0.2) is 4.90 Å². The first-order valence-electron chi connectivity index (χ1n) is 10.6. The average molecular weight is 404 g/mol. The summed E-state index contributed by atoms with van der Waals surface area (Å²) in [5.74, 6) is 0.485. The average Bonchev–Trinajstić information content (AvgIpc) is 2.98. The molecule has 156 valence electrons. The quantitative estimate of drug-likeness (QED) is 0.724. The first-order chi connectivity index (χ1) is 14.4. The third-order valence-corrected chi connectivity index (χ3v) is 5.91. The molecule has 2 atom stereocenters. The zero-order valence-corrected chi connectivity index (χ0v) is 18.1. The highest BCUT2D eigenvalue weighted by Gasteiger charge is 2.43. The molecule has 0 spiro atoms. The standard InChI is InChI=1S/C25H29N3O2/c1-17-13-18(2)16-27(15-17)23-22(19-9-6-5-7-10-19)24(29)28(25(23)30)21-12-8-11-20(14-21)26(3)4/h5-12,14,17-18H,13,15-16H2,1-4H3. The van der Waals surface area contributed by atoms with Gasteiger partial charge in [-0.2, -0.15) is 0 Å². The lowest BCUT2D eigenvalue weighted by Crippen LogP contribution is -2.42. The van der Waals surface area contributed by atoms with Crippen LogP contribution in [0.2, 0.25) is 0 Å². The number of carbonyl (C=O) groups excluding carboxylic acids is 2. The third-order valence-electron chi connectivity index (χ3n) is 5.91. The Morgan fingerprint density at radius 3 is 2.17 bits per heavy atom. The van der Waals surface area contributed by atoms with Crippen molar-refractivity contribution in [1.29, 1.82) is 0 Å². The Bertz CT molecular complexity index is 986. The molecule has 1 fully saturated rings. The van der Waals surface area contributed by atoms with Gasteiger partial charge in [0.1, 0.15) is 5.70 Å². The number of nitrogens with zero attached hydrogens (tertiary/aromatic N) is 3. The summed E-state index contributed by atoms with van der Waals surface area (Å²) in [6, 6.07) is 17.1. The molecular weight excluding hydrogens is 374 g/mol. The van der Waals surface area contributed by atoms with E-state index in [-0.39, 0.29) is 11.8 Å². The molecule has 2 unspecified atom stereocenters. The molecule has 0 bridgehead atoms. The van der Waals surface area contributed by atoms with E-state index in [1.807, 2.05) is 73.6 Å². The number of piperidine rings is 1. The number of imide groups is 1. The summed E-state index contributed by atoms with van der Waals surface area (Å²) in [5.41, 5.74) is 3.40. The molecule has 4 rings (SSSR count). The Labute approximate surface area is 178 Å². The number of amides is 2. The van der Waals surface area contributed by atoms with Crippen LogP contribution in [0.5, 0.6) is 0 Å². The van der Waals surface area contributed by atoms with Gasteiger partial charge in [-0.15, -0.1) is 0 Å². The number of hydrogen-bond acceptors (Lipinski definition) is 4. The highest BCUT2D eigenvalue weighted by atomic mass is 16.2. The van der Waals surface area contributed by atoms with Crippen molar-refractivity contribution in [1.82, 2.24) is 4.90 Å². The van der Waals surface area contributed by atoms with Crippen LogP contribution in [0.25, 0.3) is 5.57 Å². The molecular formula is C25H29N3O2. The maximum Gasteiger partial charge on any atom is 0.282 e. The zero-order valence-electron chi connectivity index (χ0n) is 18.1. The van der Waals surface area contributed by atoms with Crippen molar-refractivity contribution in [2.75, 3.05) is 37.0 Å². The Hall–Kier alpha value is -3.08. The van der Waals surface area contributed by atoms with Gasteiger partial charge in [0.2, 0.25) is 0 Å². The fourth-order valence-corrected chi connectivity index (χ4v) is 4.67. The van der Waals surface area contributed by atoms with E-state index >= 15 is 0 Å². The van der Waals surface area contributed by atoms with Crippen LogP contribution in [0.3, 0.4) is 0 Å². The number of benzene rings is 2. The molecule has 0 saturated carbocycles. The molecule has 2 aromatic rings. The SMILES string of the molecule is CC1CC(C)CN(C2=C(c3ccccc3)C(=O)N(c3cccc(N(C)C)c3)C2=O)C1. The number of anilines is 2. The molecule has 0 radical (unpaired) electrons. The molecule has 5 heteroatoms. The lowest BCUT2D eigenvalue weighted by molar-refractivity contribution is -0.120. The van der Waals surface area contributed by atoms with Crippen molar-refractivity contribution in [2.45, 2.75) is 20.3 Å². The zero-order chi connectivity index (χ0) is 21.4. The predicted octanol–water partition coefficient (Wildman–Crippen LogP) is 4.02. The summed E-state index contributed by atoms with van der Waals surface area (Å²) in [5, 5.41) is 0. The fourth-order valence-electron chi connectivity index (χ4n) is 4.67. The normalized spacial score (nSPS) is 22.1. The van der Waals surface area contributed by atoms with Crippen molar-refractivity contribution < 1.29 is 9.59 Å². The molecule has 5 nitrogen and oxygen atoms in total. The van der Waals surface area contributed by atoms with Crippen LogP contribution in [0.15, 0.2) is 60.3 Å². The molecule has 2 amide bonds. The number of carbonyl (C=O) groups is 2. The maximum atomic E-state index is 13.7. The number of rotatable bonds is 4. The van der Waals surface area contributed by atoms with E-state index in [9.17, 15) is 9.59 Å². The van der Waals surface area contributed by atoms with Crippen molar-refractivity contribution >= 4 is 28.8 Å². The first-order valence-corrected chi connectivity index (χ1v) is 10.6. The molecule has 30 heavy (non-hydrogen) atoms. The topological polar surface area (TPSA) is 43.9 Å². The monoisotopic (exact) mass is 403 g/mol. The van der Waals surface area contributed by atoms with E-state index in [1.54, 1.807) is 0 Å². The molecule has 2 aromatic carbocycles. The van der Waals surface area contributed by atoms with Gasteiger partial charge >= 0.3 is 0 Å². The molecule has 0 aromatic heterocycles. The van der Waals surface area contributed by atoms with Crippen molar-refractivity contribution in [3.8, 4) is 0 Å². The minimum absolute atomic E-state index is 0.226. The predicted molar refractivity (Wildman–Crippen MR) is 121 cm³/mol. The smallest absolute Gasteiger partial charge is 0.282 e. The van der Waals surface area contributed by atoms with Crippen LogP contribution in [-0.2, 0) is 9.59 Å². The molecule has 2 aliphatic rings. The van der Waals surface area contributed by atoms with Crippen LogP contribution in [0.4, 0.5) is 11.4 Å². The second-order valence-electron chi connectivity index (χ2n) is 8.80. The van der Waals surface area contributed by atoms with Crippen LogP contribution >= 0.6 is 0 Å². The Morgan fingerprint density at radius 2 is 1.53 bits per heavy atom. The van der Waals surface area contributed by atoms with Crippen LogP contribution in [0.1, 0.15) is 25.8 Å². The van der Waals surface area contributed by atoms with Gasteiger partial charge in [-0.05, 0) is 42.0 Å². The lowest BCUT2D eigenvalue weighted by Gasteiger charge is -2.37. The van der Waals surface area contributed by atoms with Gasteiger partial charge < -0.3 is 9.80 Å². The van der Waals surface area contributed by atoms with E-state index < -0.39 is 0 Å². The van der Waals surface area contributed by atoms with Gasteiger partial charge in [0.25, 0.3) is 11.8 Å². The fraction of sp³-hybridized carbons (Fsp3) is 0.360. The molecule has 0 aliphatic carbocycles. The summed E-state index contributed by atoms with van der Waals surface area (Å²) in [6.45, 7) is 6.01. The molecule has 2 aliphatic heterocycles. The van der Waals surface area contributed by atoms with Gasteiger partial charge in [0.05, 0.1) is 11.3 Å². The van der Waals surface area contributed by atoms with Gasteiger partial charge in [0, 0.05) is 32.9 Å². The van der Waals surface area contributed by atoms with Crippen LogP contribution in [0, 0.1) is 11.8 Å². The van der Waals surface area contributed by atoms with E-state index in [0.29, 0.717) is 28.8 Å². The summed E-state index contributed by atoms with van der Waals surface area (Å²) in [7, 11) is 3.89. The van der Waals surface area contributed by atoms with E-state index in [1.165, 1.54) is 4.90 Å². The maximum absolute atomic E-state index is 13.7. The van der Waals surface area contributed by atoms with E-state index in [0.717, 1.165) is 30.8 Å². The minimum Gasteiger partial charge on any atom is -0.378 e. The second kappa shape index (κ2) is 7.98. The first kappa shape index (κ1) is 20.2. The van der Waals surface area contributed by atoms with E-state index in [4.69, 9.17) is 0 Å². The number of hydrogen-bond donors (Lipinski definition) is 0. The summed E-state index contributed by atoms with van der Waals surface area (Å²) >= 11 is 0. The minimum atomic E-state index is -0.247. The Kier molecular flexibility index (Phi) is 5.37. The van der Waals surface area contributed by atoms with Gasteiger partial charge in [0.15, 0.2) is 0 Å². The Balaban J connectivity index is 1.81. The summed E-state index contributed by atoms with van der Waals surface area (Å²) in [6.07, 6.45) is 1.14. The van der Waals surface area contributed by atoms with Gasteiger partial charge in [-0.3, -0.25) is 9.59 Å². The van der Waals surface area contributed by atoms with Crippen molar-refractivity contribution in [2.24, 2.45) is 11.8 Å². The summed E-state index contributed by atoms with van der Waals surface area (Å²) < 4.78 is 0. The highest BCUT2D eigenvalue weighted by molar-refractivity contribution is 6.45.